The van der Waals surface area contributed by atoms with Crippen LogP contribution in [-0.2, 0) is 0 Å². The lowest BCUT2D eigenvalue weighted by molar-refractivity contribution is 0.188. The highest BCUT2D eigenvalue weighted by Gasteiger charge is 2.16. The summed E-state index contributed by atoms with van der Waals surface area (Å²) in [6.45, 7) is 1.66. The molecular weight excluding hydrogens is 196 g/mol. The van der Waals surface area contributed by atoms with Crippen molar-refractivity contribution in [3.63, 3.8) is 0 Å². The first-order valence-corrected chi connectivity index (χ1v) is 4.62. The zero-order valence-corrected chi connectivity index (χ0v) is 9.40. The molecule has 0 saturated heterocycles. The van der Waals surface area contributed by atoms with E-state index in [1.54, 1.807) is 40.4 Å². The van der Waals surface area contributed by atoms with Gasteiger partial charge in [0.2, 0.25) is 0 Å². The smallest absolute Gasteiger partial charge is 0.132 e. The summed E-state index contributed by atoms with van der Waals surface area (Å²) in [7, 11) is 4.65. The Kier molecular flexibility index (Phi) is 3.80. The van der Waals surface area contributed by atoms with Crippen LogP contribution in [0.1, 0.15) is 18.6 Å². The van der Waals surface area contributed by atoms with Crippen LogP contribution in [0.5, 0.6) is 17.2 Å². The minimum atomic E-state index is -0.652. The molecule has 1 N–H and O–H groups in total. The van der Waals surface area contributed by atoms with Gasteiger partial charge in [-0.2, -0.15) is 0 Å². The predicted octanol–water partition coefficient (Wildman–Crippen LogP) is 1.77. The van der Waals surface area contributed by atoms with Gasteiger partial charge in [0.1, 0.15) is 17.2 Å². The quantitative estimate of drug-likeness (QED) is 0.826. The SMILES string of the molecule is COc1cc(OC)c(C(C)O)c(OC)c1. The summed E-state index contributed by atoms with van der Waals surface area (Å²) in [5.74, 6) is 1.75. The molecule has 0 aliphatic rings. The van der Waals surface area contributed by atoms with E-state index in [2.05, 4.69) is 0 Å². The molecule has 1 aromatic rings. The molecule has 0 saturated carbocycles. The number of aliphatic hydroxyl groups excluding tert-OH is 1. The number of aliphatic hydroxyl groups is 1. The molecule has 1 unspecified atom stereocenters. The highest BCUT2D eigenvalue weighted by molar-refractivity contribution is 5.51. The van der Waals surface area contributed by atoms with Gasteiger partial charge in [0, 0.05) is 12.1 Å². The second-order valence-corrected chi connectivity index (χ2v) is 3.12. The van der Waals surface area contributed by atoms with Crippen molar-refractivity contribution in [1.29, 1.82) is 0 Å². The normalized spacial score (nSPS) is 12.1. The lowest BCUT2D eigenvalue weighted by Crippen LogP contribution is -2.01. The zero-order valence-electron chi connectivity index (χ0n) is 9.40. The fourth-order valence-electron chi connectivity index (χ4n) is 1.44. The van der Waals surface area contributed by atoms with Crippen LogP contribution < -0.4 is 14.2 Å². The van der Waals surface area contributed by atoms with Crippen molar-refractivity contribution in [2.45, 2.75) is 13.0 Å². The Morgan fingerprint density at radius 1 is 1.00 bits per heavy atom. The molecule has 0 fully saturated rings. The van der Waals surface area contributed by atoms with E-state index in [0.29, 0.717) is 22.8 Å². The lowest BCUT2D eigenvalue weighted by atomic mass is 10.1. The van der Waals surface area contributed by atoms with E-state index in [0.717, 1.165) is 0 Å². The molecule has 1 aromatic carbocycles. The number of benzene rings is 1. The third-order valence-corrected chi connectivity index (χ3v) is 2.17. The van der Waals surface area contributed by atoms with E-state index >= 15 is 0 Å². The third kappa shape index (κ3) is 2.33. The van der Waals surface area contributed by atoms with Crippen molar-refractivity contribution in [2.24, 2.45) is 0 Å². The summed E-state index contributed by atoms with van der Waals surface area (Å²) >= 11 is 0. The molecule has 15 heavy (non-hydrogen) atoms. The third-order valence-electron chi connectivity index (χ3n) is 2.17. The molecule has 0 heterocycles. The molecule has 4 heteroatoms. The van der Waals surface area contributed by atoms with E-state index in [1.165, 1.54) is 0 Å². The van der Waals surface area contributed by atoms with Gasteiger partial charge in [-0.25, -0.2) is 0 Å². The second kappa shape index (κ2) is 4.89. The average Bonchev–Trinajstić information content (AvgIpc) is 2.26. The van der Waals surface area contributed by atoms with Crippen LogP contribution in [0, 0.1) is 0 Å². The fraction of sp³-hybridized carbons (Fsp3) is 0.455. The molecule has 0 aliphatic carbocycles. The maximum Gasteiger partial charge on any atom is 0.132 e. The zero-order chi connectivity index (χ0) is 11.4. The van der Waals surface area contributed by atoms with Gasteiger partial charge in [0.15, 0.2) is 0 Å². The van der Waals surface area contributed by atoms with Gasteiger partial charge >= 0.3 is 0 Å². The van der Waals surface area contributed by atoms with Crippen LogP contribution in [0.15, 0.2) is 12.1 Å². The Labute approximate surface area is 89.4 Å². The molecule has 84 valence electrons. The Hall–Kier alpha value is -1.42. The largest absolute Gasteiger partial charge is 0.496 e. The monoisotopic (exact) mass is 212 g/mol. The summed E-state index contributed by atoms with van der Waals surface area (Å²) in [5, 5.41) is 9.61. The van der Waals surface area contributed by atoms with Crippen molar-refractivity contribution < 1.29 is 19.3 Å². The van der Waals surface area contributed by atoms with Crippen LogP contribution in [0.3, 0.4) is 0 Å². The Morgan fingerprint density at radius 3 is 1.73 bits per heavy atom. The van der Waals surface area contributed by atoms with Gasteiger partial charge in [-0.1, -0.05) is 0 Å². The van der Waals surface area contributed by atoms with Crippen LogP contribution in [-0.4, -0.2) is 26.4 Å². The molecule has 1 atom stereocenters. The maximum absolute atomic E-state index is 9.61. The van der Waals surface area contributed by atoms with Gasteiger partial charge < -0.3 is 19.3 Å². The fourth-order valence-corrected chi connectivity index (χ4v) is 1.44. The highest BCUT2D eigenvalue weighted by Crippen LogP contribution is 2.37. The first kappa shape index (κ1) is 11.7. The molecular formula is C11H16O4. The molecule has 0 amide bonds. The summed E-state index contributed by atoms with van der Waals surface area (Å²) in [4.78, 5) is 0. The van der Waals surface area contributed by atoms with Crippen LogP contribution in [0.4, 0.5) is 0 Å². The Balaban J connectivity index is 3.32. The maximum atomic E-state index is 9.61. The first-order valence-electron chi connectivity index (χ1n) is 4.62. The highest BCUT2D eigenvalue weighted by atomic mass is 16.5. The summed E-state index contributed by atoms with van der Waals surface area (Å²) in [6, 6.07) is 3.43. The predicted molar refractivity (Wildman–Crippen MR) is 56.7 cm³/mol. The minimum Gasteiger partial charge on any atom is -0.496 e. The standard InChI is InChI=1S/C11H16O4/c1-7(12)11-9(14-3)5-8(13-2)6-10(11)15-4/h5-7,12H,1-4H3. The van der Waals surface area contributed by atoms with E-state index in [-0.39, 0.29) is 0 Å². The summed E-state index contributed by atoms with van der Waals surface area (Å²) < 4.78 is 15.4. The van der Waals surface area contributed by atoms with E-state index in [4.69, 9.17) is 14.2 Å². The van der Waals surface area contributed by atoms with Crippen molar-refractivity contribution in [2.75, 3.05) is 21.3 Å². The van der Waals surface area contributed by atoms with Crippen LogP contribution >= 0.6 is 0 Å². The molecule has 0 spiro atoms. The molecule has 0 aliphatic heterocycles. The molecule has 0 bridgehead atoms. The summed E-state index contributed by atoms with van der Waals surface area (Å²) in [5.41, 5.74) is 0.626. The molecule has 1 rings (SSSR count). The Morgan fingerprint density at radius 2 is 1.47 bits per heavy atom. The van der Waals surface area contributed by atoms with Crippen LogP contribution in [0.25, 0.3) is 0 Å². The van der Waals surface area contributed by atoms with Crippen molar-refractivity contribution in [1.82, 2.24) is 0 Å². The number of hydrogen-bond acceptors (Lipinski definition) is 4. The topological polar surface area (TPSA) is 47.9 Å². The van der Waals surface area contributed by atoms with Crippen molar-refractivity contribution >= 4 is 0 Å². The molecule has 0 aromatic heterocycles. The van der Waals surface area contributed by atoms with Crippen molar-refractivity contribution in [3.8, 4) is 17.2 Å². The molecule has 4 nitrogen and oxygen atoms in total. The van der Waals surface area contributed by atoms with E-state index in [9.17, 15) is 5.11 Å². The number of hydrogen-bond donors (Lipinski definition) is 1. The lowest BCUT2D eigenvalue weighted by Gasteiger charge is -2.16. The first-order chi connectivity index (χ1) is 7.13. The molecule has 0 radical (unpaired) electrons. The van der Waals surface area contributed by atoms with E-state index < -0.39 is 6.10 Å². The minimum absolute atomic E-state index is 0.557. The van der Waals surface area contributed by atoms with Crippen LogP contribution in [0.2, 0.25) is 0 Å². The number of rotatable bonds is 4. The van der Waals surface area contributed by atoms with Gasteiger partial charge in [-0.15, -0.1) is 0 Å². The van der Waals surface area contributed by atoms with Gasteiger partial charge in [-0.3, -0.25) is 0 Å². The van der Waals surface area contributed by atoms with Gasteiger partial charge in [0.25, 0.3) is 0 Å². The van der Waals surface area contributed by atoms with Gasteiger partial charge in [0.05, 0.1) is 33.0 Å². The Bertz CT molecular complexity index is 308. The van der Waals surface area contributed by atoms with Gasteiger partial charge in [-0.05, 0) is 6.92 Å². The van der Waals surface area contributed by atoms with Crippen molar-refractivity contribution in [3.05, 3.63) is 17.7 Å². The average molecular weight is 212 g/mol. The van der Waals surface area contributed by atoms with E-state index in [1.807, 2.05) is 0 Å². The number of methoxy groups -OCH3 is 3. The number of ether oxygens (including phenoxy) is 3. The second-order valence-electron chi connectivity index (χ2n) is 3.12. The summed E-state index contributed by atoms with van der Waals surface area (Å²) in [6.07, 6.45) is -0.652.